The smallest absolute Gasteiger partial charge is 0.115 e. The van der Waals surface area contributed by atoms with Crippen LogP contribution >= 0.6 is 0 Å². The second-order valence-corrected chi connectivity index (χ2v) is 4.10. The fraction of sp³-hybridized carbons (Fsp3) is 0.286. The minimum atomic E-state index is 0.160. The summed E-state index contributed by atoms with van der Waals surface area (Å²) in [5.41, 5.74) is 4.56. The zero-order chi connectivity index (χ0) is 10.8. The molecule has 0 saturated heterocycles. The van der Waals surface area contributed by atoms with Gasteiger partial charge >= 0.3 is 0 Å². The first-order valence-electron chi connectivity index (χ1n) is 5.37. The normalized spacial score (nSPS) is 15.1. The minimum Gasteiger partial charge on any atom is -0.508 e. The molecule has 0 radical (unpaired) electrons. The number of hydrogen-bond acceptors (Lipinski definition) is 1. The molecule has 0 aliphatic heterocycles. The third-order valence-electron chi connectivity index (χ3n) is 2.96. The van der Waals surface area contributed by atoms with E-state index in [1.807, 2.05) is 19.1 Å². The van der Waals surface area contributed by atoms with E-state index in [9.17, 15) is 5.11 Å². The molecule has 0 fully saturated rings. The Labute approximate surface area is 90.8 Å². The average molecular weight is 200 g/mol. The Hall–Kier alpha value is -1.50. The summed E-state index contributed by atoms with van der Waals surface area (Å²) in [4.78, 5) is 0. The first kappa shape index (κ1) is 10.0. The second-order valence-electron chi connectivity index (χ2n) is 4.10. The molecule has 1 heteroatoms. The van der Waals surface area contributed by atoms with Gasteiger partial charge in [0.05, 0.1) is 0 Å². The Morgan fingerprint density at radius 1 is 1.40 bits per heavy atom. The van der Waals surface area contributed by atoms with Gasteiger partial charge in [-0.05, 0) is 49.0 Å². The third-order valence-corrected chi connectivity index (χ3v) is 2.96. The zero-order valence-corrected chi connectivity index (χ0v) is 9.09. The van der Waals surface area contributed by atoms with E-state index in [-0.39, 0.29) is 5.76 Å². The maximum atomic E-state index is 9.46. The minimum absolute atomic E-state index is 0.160. The molecule has 1 aliphatic rings. The summed E-state index contributed by atoms with van der Waals surface area (Å²) >= 11 is 0. The molecule has 0 saturated carbocycles. The largest absolute Gasteiger partial charge is 0.508 e. The van der Waals surface area contributed by atoms with E-state index in [1.165, 1.54) is 24.0 Å². The monoisotopic (exact) mass is 200 g/mol. The van der Waals surface area contributed by atoms with Gasteiger partial charge in [-0.1, -0.05) is 24.8 Å². The fourth-order valence-corrected chi connectivity index (χ4v) is 2.07. The summed E-state index contributed by atoms with van der Waals surface area (Å²) in [5.74, 6) is 0.160. The Balaban J connectivity index is 2.42. The van der Waals surface area contributed by atoms with Gasteiger partial charge in [0.15, 0.2) is 0 Å². The van der Waals surface area contributed by atoms with E-state index >= 15 is 0 Å². The number of benzene rings is 1. The highest BCUT2D eigenvalue weighted by Gasteiger charge is 2.09. The van der Waals surface area contributed by atoms with Crippen molar-refractivity contribution in [2.75, 3.05) is 0 Å². The molecule has 0 bridgehead atoms. The van der Waals surface area contributed by atoms with E-state index in [2.05, 4.69) is 18.7 Å². The van der Waals surface area contributed by atoms with E-state index < -0.39 is 0 Å². The maximum absolute atomic E-state index is 9.46. The van der Waals surface area contributed by atoms with Crippen LogP contribution in [-0.4, -0.2) is 5.11 Å². The summed E-state index contributed by atoms with van der Waals surface area (Å²) in [6.07, 6.45) is 5.87. The van der Waals surface area contributed by atoms with E-state index in [1.54, 1.807) is 0 Å². The van der Waals surface area contributed by atoms with Crippen molar-refractivity contribution in [3.05, 3.63) is 47.5 Å². The van der Waals surface area contributed by atoms with Crippen molar-refractivity contribution >= 4 is 11.3 Å². The van der Waals surface area contributed by atoms with Crippen molar-refractivity contribution in [3.63, 3.8) is 0 Å². The average Bonchev–Trinajstić information content (AvgIpc) is 2.71. The predicted octanol–water partition coefficient (Wildman–Crippen LogP) is 4.09. The van der Waals surface area contributed by atoms with Gasteiger partial charge in [-0.15, -0.1) is 0 Å². The Morgan fingerprint density at radius 2 is 2.20 bits per heavy atom. The van der Waals surface area contributed by atoms with E-state index in [4.69, 9.17) is 0 Å². The molecule has 0 unspecified atom stereocenters. The first-order chi connectivity index (χ1) is 7.18. The van der Waals surface area contributed by atoms with Crippen LogP contribution in [0.3, 0.4) is 0 Å². The van der Waals surface area contributed by atoms with Crippen molar-refractivity contribution in [3.8, 4) is 0 Å². The quantitative estimate of drug-likeness (QED) is 0.713. The highest BCUT2D eigenvalue weighted by atomic mass is 16.3. The molecule has 0 heterocycles. The number of aliphatic hydroxyl groups excluding tert-OH is 1. The topological polar surface area (TPSA) is 20.2 Å². The predicted molar refractivity (Wildman–Crippen MR) is 64.7 cm³/mol. The van der Waals surface area contributed by atoms with Gasteiger partial charge < -0.3 is 5.11 Å². The van der Waals surface area contributed by atoms with Crippen LogP contribution in [0.5, 0.6) is 0 Å². The molecule has 78 valence electrons. The summed E-state index contributed by atoms with van der Waals surface area (Å²) in [6, 6.07) is 6.21. The molecule has 0 spiro atoms. The van der Waals surface area contributed by atoms with Gasteiger partial charge in [0, 0.05) is 5.56 Å². The Morgan fingerprint density at radius 3 is 2.80 bits per heavy atom. The van der Waals surface area contributed by atoms with Crippen LogP contribution < -0.4 is 0 Å². The van der Waals surface area contributed by atoms with Gasteiger partial charge in [0.2, 0.25) is 0 Å². The summed E-state index contributed by atoms with van der Waals surface area (Å²) in [7, 11) is 0. The fourth-order valence-electron chi connectivity index (χ4n) is 2.07. The first-order valence-corrected chi connectivity index (χ1v) is 5.37. The summed E-state index contributed by atoms with van der Waals surface area (Å²) < 4.78 is 0. The lowest BCUT2D eigenvalue weighted by atomic mass is 9.99. The number of rotatable bonds is 2. The van der Waals surface area contributed by atoms with Crippen LogP contribution in [0.4, 0.5) is 0 Å². The molecule has 1 nitrogen and oxygen atoms in total. The van der Waals surface area contributed by atoms with Gasteiger partial charge in [-0.2, -0.15) is 0 Å². The van der Waals surface area contributed by atoms with Crippen molar-refractivity contribution in [1.29, 1.82) is 0 Å². The Bertz CT molecular complexity index is 427. The molecule has 1 aromatic rings. The lowest BCUT2D eigenvalue weighted by molar-refractivity contribution is 0.513. The highest BCUT2D eigenvalue weighted by molar-refractivity contribution is 5.71. The standard InChI is InChI=1S/C14H16O/c1-10-7-8-13(9-14(10)11(2)15)12-5-3-4-6-12/h5,7-9,15H,2-4,6H2,1H3. The highest BCUT2D eigenvalue weighted by Crippen LogP contribution is 2.29. The van der Waals surface area contributed by atoms with E-state index in [0.29, 0.717) is 0 Å². The summed E-state index contributed by atoms with van der Waals surface area (Å²) in [5, 5.41) is 9.46. The summed E-state index contributed by atoms with van der Waals surface area (Å²) in [6.45, 7) is 5.58. The maximum Gasteiger partial charge on any atom is 0.115 e. The number of aryl methyl sites for hydroxylation is 1. The Kier molecular flexibility index (Phi) is 2.63. The molecule has 15 heavy (non-hydrogen) atoms. The molecular formula is C14H16O. The van der Waals surface area contributed by atoms with Crippen molar-refractivity contribution in [2.45, 2.75) is 26.2 Å². The number of allylic oxidation sites excluding steroid dienone is 2. The van der Waals surface area contributed by atoms with Gasteiger partial charge in [-0.25, -0.2) is 0 Å². The van der Waals surface area contributed by atoms with Crippen LogP contribution in [0.1, 0.15) is 36.0 Å². The lowest BCUT2D eigenvalue weighted by Crippen LogP contribution is -1.90. The molecule has 1 N–H and O–H groups in total. The molecular weight excluding hydrogens is 184 g/mol. The SMILES string of the molecule is C=C(O)c1cc(C2=CCCC2)ccc1C. The van der Waals surface area contributed by atoms with Crippen LogP contribution in [0, 0.1) is 6.92 Å². The van der Waals surface area contributed by atoms with E-state index in [0.717, 1.165) is 17.5 Å². The van der Waals surface area contributed by atoms with Crippen molar-refractivity contribution < 1.29 is 5.11 Å². The van der Waals surface area contributed by atoms with Crippen molar-refractivity contribution in [2.24, 2.45) is 0 Å². The molecule has 0 atom stereocenters. The van der Waals surface area contributed by atoms with Crippen LogP contribution in [-0.2, 0) is 0 Å². The number of hydrogen-bond donors (Lipinski definition) is 1. The van der Waals surface area contributed by atoms with Crippen molar-refractivity contribution in [1.82, 2.24) is 0 Å². The van der Waals surface area contributed by atoms with Crippen LogP contribution in [0.2, 0.25) is 0 Å². The van der Waals surface area contributed by atoms with Gasteiger partial charge in [0.25, 0.3) is 0 Å². The van der Waals surface area contributed by atoms with Crippen LogP contribution in [0.15, 0.2) is 30.9 Å². The number of aliphatic hydroxyl groups is 1. The van der Waals surface area contributed by atoms with Gasteiger partial charge in [0.1, 0.15) is 5.76 Å². The molecule has 1 aliphatic carbocycles. The van der Waals surface area contributed by atoms with Gasteiger partial charge in [-0.3, -0.25) is 0 Å². The molecule has 0 aromatic heterocycles. The molecule has 0 amide bonds. The van der Waals surface area contributed by atoms with Crippen LogP contribution in [0.25, 0.3) is 11.3 Å². The second kappa shape index (κ2) is 3.93. The molecule has 1 aromatic carbocycles. The lowest BCUT2D eigenvalue weighted by Gasteiger charge is -2.08. The zero-order valence-electron chi connectivity index (χ0n) is 9.09. The third kappa shape index (κ3) is 1.96. The molecule has 2 rings (SSSR count).